The van der Waals surface area contributed by atoms with E-state index >= 15 is 0 Å². The molecule has 0 spiro atoms. The van der Waals surface area contributed by atoms with Gasteiger partial charge in [0.05, 0.1) is 12.2 Å². The van der Waals surface area contributed by atoms with Crippen molar-refractivity contribution in [3.8, 4) is 5.75 Å². The molecule has 1 aromatic rings. The number of aliphatic hydroxyl groups excluding tert-OH is 1. The topological polar surface area (TPSA) is 58.7 Å². The minimum absolute atomic E-state index is 0.151. The number of benzene rings is 1. The Labute approximate surface area is 116 Å². The second kappa shape index (κ2) is 7.48. The number of hydrogen-bond acceptors (Lipinski definition) is 4. The average molecular weight is 266 g/mol. The van der Waals surface area contributed by atoms with Gasteiger partial charge in [0, 0.05) is 6.04 Å². The Morgan fingerprint density at radius 3 is 2.26 bits per heavy atom. The lowest BCUT2D eigenvalue weighted by Crippen LogP contribution is -2.32. The quantitative estimate of drug-likeness (QED) is 0.790. The monoisotopic (exact) mass is 266 g/mol. The van der Waals surface area contributed by atoms with Crippen molar-refractivity contribution in [1.29, 1.82) is 0 Å². The molecule has 2 unspecified atom stereocenters. The molecule has 4 heteroatoms. The zero-order valence-electron chi connectivity index (χ0n) is 12.3. The third-order valence-corrected chi connectivity index (χ3v) is 2.91. The van der Waals surface area contributed by atoms with Crippen LogP contribution in [-0.4, -0.2) is 42.8 Å². The average Bonchev–Trinajstić information content (AvgIpc) is 2.35. The van der Waals surface area contributed by atoms with Gasteiger partial charge < -0.3 is 20.5 Å². The van der Waals surface area contributed by atoms with Crippen molar-refractivity contribution >= 4 is 0 Å². The van der Waals surface area contributed by atoms with Crippen LogP contribution in [0.4, 0.5) is 0 Å². The molecule has 4 nitrogen and oxygen atoms in total. The van der Waals surface area contributed by atoms with Gasteiger partial charge in [-0.05, 0) is 58.6 Å². The molecule has 0 amide bonds. The van der Waals surface area contributed by atoms with E-state index in [9.17, 15) is 5.11 Å². The van der Waals surface area contributed by atoms with E-state index in [4.69, 9.17) is 10.5 Å². The number of hydrogen-bond donors (Lipinski definition) is 2. The van der Waals surface area contributed by atoms with E-state index < -0.39 is 6.10 Å². The molecule has 1 aromatic carbocycles. The molecule has 0 aliphatic carbocycles. The fourth-order valence-electron chi connectivity index (χ4n) is 1.83. The van der Waals surface area contributed by atoms with E-state index in [1.807, 2.05) is 52.2 Å². The minimum atomic E-state index is -0.631. The van der Waals surface area contributed by atoms with Gasteiger partial charge in [-0.25, -0.2) is 0 Å². The Kier molecular flexibility index (Phi) is 6.28. The molecule has 2 atom stereocenters. The minimum Gasteiger partial charge on any atom is -0.491 e. The predicted octanol–water partition coefficient (Wildman–Crippen LogP) is 1.79. The van der Waals surface area contributed by atoms with Crippen LogP contribution in [0.15, 0.2) is 24.3 Å². The van der Waals surface area contributed by atoms with E-state index in [0.717, 1.165) is 24.3 Å². The van der Waals surface area contributed by atoms with Crippen LogP contribution in [0.1, 0.15) is 31.9 Å². The first kappa shape index (κ1) is 16.0. The fraction of sp³-hybridized carbons (Fsp3) is 0.600. The van der Waals surface area contributed by atoms with Gasteiger partial charge >= 0.3 is 0 Å². The summed E-state index contributed by atoms with van der Waals surface area (Å²) in [5.74, 6) is 0.813. The fourth-order valence-corrected chi connectivity index (χ4v) is 1.83. The summed E-state index contributed by atoms with van der Waals surface area (Å²) in [4.78, 5) is 2.06. The summed E-state index contributed by atoms with van der Waals surface area (Å²) in [5.41, 5.74) is 6.84. The Morgan fingerprint density at radius 1 is 1.21 bits per heavy atom. The Bertz CT molecular complexity index is 363. The number of ether oxygens (including phenoxy) is 1. The molecule has 0 aliphatic heterocycles. The van der Waals surface area contributed by atoms with Gasteiger partial charge in [0.15, 0.2) is 0 Å². The molecule has 0 fully saturated rings. The predicted molar refractivity (Wildman–Crippen MR) is 78.3 cm³/mol. The van der Waals surface area contributed by atoms with Crippen LogP contribution in [0, 0.1) is 0 Å². The molecule has 0 saturated carbocycles. The lowest BCUT2D eigenvalue weighted by molar-refractivity contribution is 0.137. The highest BCUT2D eigenvalue weighted by Crippen LogP contribution is 2.21. The summed E-state index contributed by atoms with van der Waals surface area (Å²) in [5, 5.41) is 10.2. The lowest BCUT2D eigenvalue weighted by Gasteiger charge is -2.21. The molecular weight excluding hydrogens is 240 g/mol. The SMILES string of the molecule is CC(C)Oc1ccc(C(O)C(N)CCN(C)C)cc1. The van der Waals surface area contributed by atoms with Crippen molar-refractivity contribution in [3.63, 3.8) is 0 Å². The number of rotatable bonds is 7. The smallest absolute Gasteiger partial charge is 0.119 e. The highest BCUT2D eigenvalue weighted by molar-refractivity contribution is 5.29. The third kappa shape index (κ3) is 5.59. The van der Waals surface area contributed by atoms with Crippen LogP contribution in [0.25, 0.3) is 0 Å². The molecular formula is C15H26N2O2. The molecule has 1 rings (SSSR count). The van der Waals surface area contributed by atoms with E-state index in [2.05, 4.69) is 4.90 Å². The maximum atomic E-state index is 10.2. The highest BCUT2D eigenvalue weighted by Gasteiger charge is 2.17. The van der Waals surface area contributed by atoms with E-state index in [-0.39, 0.29) is 12.1 Å². The molecule has 3 N–H and O–H groups in total. The standard InChI is InChI=1S/C15H26N2O2/c1-11(2)19-13-7-5-12(6-8-13)15(18)14(16)9-10-17(3)4/h5-8,11,14-15,18H,9-10,16H2,1-4H3. The first-order chi connectivity index (χ1) is 8.90. The molecule has 0 radical (unpaired) electrons. The Balaban J connectivity index is 2.59. The van der Waals surface area contributed by atoms with E-state index in [0.29, 0.717) is 0 Å². The van der Waals surface area contributed by atoms with Crippen molar-refractivity contribution in [2.75, 3.05) is 20.6 Å². The largest absolute Gasteiger partial charge is 0.491 e. The van der Waals surface area contributed by atoms with Crippen LogP contribution in [0.5, 0.6) is 5.75 Å². The van der Waals surface area contributed by atoms with Crippen molar-refractivity contribution in [3.05, 3.63) is 29.8 Å². The summed E-state index contributed by atoms with van der Waals surface area (Å²) in [6, 6.07) is 7.24. The highest BCUT2D eigenvalue weighted by atomic mass is 16.5. The van der Waals surface area contributed by atoms with Crippen molar-refractivity contribution in [2.45, 2.75) is 38.5 Å². The summed E-state index contributed by atoms with van der Waals surface area (Å²) in [6.45, 7) is 4.84. The molecule has 0 heterocycles. The second-order valence-electron chi connectivity index (χ2n) is 5.44. The molecule has 0 bridgehead atoms. The maximum absolute atomic E-state index is 10.2. The molecule has 0 aliphatic rings. The van der Waals surface area contributed by atoms with Gasteiger partial charge in [0.2, 0.25) is 0 Å². The molecule has 108 valence electrons. The number of nitrogens with two attached hydrogens (primary N) is 1. The first-order valence-corrected chi connectivity index (χ1v) is 6.75. The van der Waals surface area contributed by atoms with Gasteiger partial charge in [-0.1, -0.05) is 12.1 Å². The molecule has 19 heavy (non-hydrogen) atoms. The summed E-state index contributed by atoms with van der Waals surface area (Å²) in [6.07, 6.45) is 0.282. The van der Waals surface area contributed by atoms with Crippen LogP contribution < -0.4 is 10.5 Å². The van der Waals surface area contributed by atoms with Crippen molar-refractivity contribution in [2.24, 2.45) is 5.73 Å². The lowest BCUT2D eigenvalue weighted by atomic mass is 10.0. The number of nitrogens with zero attached hydrogens (tertiary/aromatic N) is 1. The Morgan fingerprint density at radius 2 is 1.79 bits per heavy atom. The summed E-state index contributed by atoms with van der Waals surface area (Å²) >= 11 is 0. The van der Waals surface area contributed by atoms with Crippen LogP contribution in [-0.2, 0) is 0 Å². The van der Waals surface area contributed by atoms with Gasteiger partial charge in [-0.2, -0.15) is 0 Å². The third-order valence-electron chi connectivity index (χ3n) is 2.91. The van der Waals surface area contributed by atoms with E-state index in [1.165, 1.54) is 0 Å². The first-order valence-electron chi connectivity index (χ1n) is 6.75. The van der Waals surface area contributed by atoms with Crippen LogP contribution in [0.3, 0.4) is 0 Å². The van der Waals surface area contributed by atoms with Crippen molar-refractivity contribution < 1.29 is 9.84 Å². The summed E-state index contributed by atoms with van der Waals surface area (Å²) in [7, 11) is 3.99. The van der Waals surface area contributed by atoms with Gasteiger partial charge in [-0.15, -0.1) is 0 Å². The zero-order valence-corrected chi connectivity index (χ0v) is 12.3. The Hall–Kier alpha value is -1.10. The van der Waals surface area contributed by atoms with Crippen molar-refractivity contribution in [1.82, 2.24) is 4.90 Å². The van der Waals surface area contributed by atoms with Gasteiger partial charge in [-0.3, -0.25) is 0 Å². The molecule has 0 saturated heterocycles. The number of aliphatic hydroxyl groups is 1. The second-order valence-corrected chi connectivity index (χ2v) is 5.44. The summed E-state index contributed by atoms with van der Waals surface area (Å²) < 4.78 is 5.57. The van der Waals surface area contributed by atoms with Crippen LogP contribution in [0.2, 0.25) is 0 Å². The molecule has 0 aromatic heterocycles. The van der Waals surface area contributed by atoms with E-state index in [1.54, 1.807) is 0 Å². The zero-order chi connectivity index (χ0) is 14.4. The van der Waals surface area contributed by atoms with Gasteiger partial charge in [0.1, 0.15) is 5.75 Å². The van der Waals surface area contributed by atoms with Crippen LogP contribution >= 0.6 is 0 Å². The van der Waals surface area contributed by atoms with Gasteiger partial charge in [0.25, 0.3) is 0 Å². The normalized spacial score (nSPS) is 14.7. The maximum Gasteiger partial charge on any atom is 0.119 e.